The lowest BCUT2D eigenvalue weighted by molar-refractivity contribution is -0.140. The highest BCUT2D eigenvalue weighted by molar-refractivity contribution is 14.1. The van der Waals surface area contributed by atoms with Crippen LogP contribution in [0.25, 0.3) is 16.8 Å². The molecule has 0 aliphatic carbocycles. The summed E-state index contributed by atoms with van der Waals surface area (Å²) in [5.74, 6) is -0.893. The zero-order valence-corrected chi connectivity index (χ0v) is 20.4. The molecule has 1 aliphatic rings. The van der Waals surface area contributed by atoms with Gasteiger partial charge in [0.25, 0.3) is 5.91 Å². The SMILES string of the molecule is CCOc1cc(/C=C2/NC(=O)N(CC(=O)O)C2=O)cc(I)c1OCc1ccc2ccccc2c1. The summed E-state index contributed by atoms with van der Waals surface area (Å²) in [6.07, 6.45) is 1.49. The number of benzene rings is 3. The summed E-state index contributed by atoms with van der Waals surface area (Å²) in [7, 11) is 0. The van der Waals surface area contributed by atoms with E-state index >= 15 is 0 Å². The molecule has 0 saturated carbocycles. The molecule has 0 spiro atoms. The van der Waals surface area contributed by atoms with E-state index in [4.69, 9.17) is 14.6 Å². The number of hydrogen-bond acceptors (Lipinski definition) is 5. The summed E-state index contributed by atoms with van der Waals surface area (Å²) in [5.41, 5.74) is 1.61. The van der Waals surface area contributed by atoms with Gasteiger partial charge in [0.2, 0.25) is 0 Å². The molecule has 34 heavy (non-hydrogen) atoms. The fraction of sp³-hybridized carbons (Fsp3) is 0.160. The molecule has 0 unspecified atom stereocenters. The van der Waals surface area contributed by atoms with Gasteiger partial charge in [-0.3, -0.25) is 9.59 Å². The van der Waals surface area contributed by atoms with Crippen LogP contribution in [0.4, 0.5) is 4.79 Å². The molecule has 0 atom stereocenters. The van der Waals surface area contributed by atoms with Crippen LogP contribution in [0, 0.1) is 3.57 Å². The maximum Gasteiger partial charge on any atom is 0.329 e. The second-order valence-electron chi connectivity index (χ2n) is 7.51. The molecule has 3 aromatic carbocycles. The van der Waals surface area contributed by atoms with Crippen LogP contribution in [0.3, 0.4) is 0 Å². The lowest BCUT2D eigenvalue weighted by Crippen LogP contribution is -2.35. The normalized spacial score (nSPS) is 14.5. The Labute approximate surface area is 209 Å². The smallest absolute Gasteiger partial charge is 0.329 e. The van der Waals surface area contributed by atoms with Gasteiger partial charge in [0.05, 0.1) is 10.2 Å². The molecule has 9 heteroatoms. The van der Waals surface area contributed by atoms with Crippen LogP contribution in [0.5, 0.6) is 11.5 Å². The first-order chi connectivity index (χ1) is 16.4. The minimum atomic E-state index is -1.27. The number of imide groups is 1. The number of halogens is 1. The van der Waals surface area contributed by atoms with Gasteiger partial charge in [-0.25, -0.2) is 9.69 Å². The summed E-state index contributed by atoms with van der Waals surface area (Å²) in [4.78, 5) is 35.9. The molecular weight excluding hydrogens is 551 g/mol. The molecule has 174 valence electrons. The van der Waals surface area contributed by atoms with Crippen molar-refractivity contribution in [2.45, 2.75) is 13.5 Å². The zero-order valence-electron chi connectivity index (χ0n) is 18.2. The first kappa shape index (κ1) is 23.6. The number of hydrogen-bond donors (Lipinski definition) is 2. The second kappa shape index (κ2) is 10.1. The van der Waals surface area contributed by atoms with Gasteiger partial charge in [0.1, 0.15) is 18.8 Å². The molecule has 8 nitrogen and oxygen atoms in total. The predicted octanol–water partition coefficient (Wildman–Crippen LogP) is 4.40. The topological polar surface area (TPSA) is 105 Å². The summed E-state index contributed by atoms with van der Waals surface area (Å²) >= 11 is 2.13. The molecule has 4 rings (SSSR count). The Kier molecular flexibility index (Phi) is 7.01. The van der Waals surface area contributed by atoms with E-state index in [9.17, 15) is 14.4 Å². The number of nitrogens with zero attached hydrogens (tertiary/aromatic N) is 1. The van der Waals surface area contributed by atoms with Crippen molar-refractivity contribution in [3.05, 3.63) is 75.0 Å². The van der Waals surface area contributed by atoms with Crippen molar-refractivity contribution in [2.75, 3.05) is 13.2 Å². The van der Waals surface area contributed by atoms with E-state index in [0.29, 0.717) is 35.2 Å². The quantitative estimate of drug-likeness (QED) is 0.236. The number of fused-ring (bicyclic) bond motifs is 1. The van der Waals surface area contributed by atoms with Crippen molar-refractivity contribution in [2.24, 2.45) is 0 Å². The average Bonchev–Trinajstić information content (AvgIpc) is 3.05. The van der Waals surface area contributed by atoms with Crippen molar-refractivity contribution in [3.8, 4) is 11.5 Å². The van der Waals surface area contributed by atoms with Crippen molar-refractivity contribution < 1.29 is 29.0 Å². The van der Waals surface area contributed by atoms with E-state index in [1.807, 2.05) is 25.1 Å². The van der Waals surface area contributed by atoms with E-state index in [1.165, 1.54) is 6.08 Å². The summed E-state index contributed by atoms with van der Waals surface area (Å²) in [6, 6.07) is 17.0. The highest BCUT2D eigenvalue weighted by atomic mass is 127. The third-order valence-corrected chi connectivity index (χ3v) is 5.90. The van der Waals surface area contributed by atoms with Crippen LogP contribution >= 0.6 is 22.6 Å². The van der Waals surface area contributed by atoms with E-state index in [1.54, 1.807) is 12.1 Å². The molecule has 2 N–H and O–H groups in total. The Morgan fingerprint density at radius 1 is 1.09 bits per heavy atom. The van der Waals surface area contributed by atoms with Gasteiger partial charge in [-0.1, -0.05) is 36.4 Å². The maximum atomic E-state index is 12.4. The molecule has 0 radical (unpaired) electrons. The number of nitrogens with one attached hydrogen (secondary N) is 1. The molecule has 1 heterocycles. The lowest BCUT2D eigenvalue weighted by atomic mass is 10.1. The number of urea groups is 1. The molecule has 1 saturated heterocycles. The first-order valence-corrected chi connectivity index (χ1v) is 11.6. The van der Waals surface area contributed by atoms with Crippen LogP contribution in [0.2, 0.25) is 0 Å². The Morgan fingerprint density at radius 3 is 2.59 bits per heavy atom. The Bertz CT molecular complexity index is 1320. The molecule has 0 aromatic heterocycles. The van der Waals surface area contributed by atoms with Gasteiger partial charge in [-0.05, 0) is 75.7 Å². The van der Waals surface area contributed by atoms with Crippen molar-refractivity contribution in [1.82, 2.24) is 10.2 Å². The number of carbonyl (C=O) groups is 3. The first-order valence-electron chi connectivity index (χ1n) is 10.5. The van der Waals surface area contributed by atoms with Crippen LogP contribution < -0.4 is 14.8 Å². The van der Waals surface area contributed by atoms with Gasteiger partial charge in [-0.2, -0.15) is 0 Å². The average molecular weight is 572 g/mol. The van der Waals surface area contributed by atoms with Gasteiger partial charge in [0.15, 0.2) is 11.5 Å². The standard InChI is InChI=1S/C25H21IN2O6/c1-2-33-21-12-16(11-20-24(31)28(13-22(29)30)25(32)27-20)10-19(26)23(21)34-14-15-7-8-17-5-3-4-6-18(17)9-15/h3-12H,2,13-14H2,1H3,(H,27,32)(H,29,30)/b20-11+. The molecule has 0 bridgehead atoms. The summed E-state index contributed by atoms with van der Waals surface area (Å²) in [6.45, 7) is 1.91. The maximum absolute atomic E-state index is 12.4. The summed E-state index contributed by atoms with van der Waals surface area (Å²) in [5, 5.41) is 13.6. The van der Waals surface area contributed by atoms with Gasteiger partial charge < -0.3 is 19.9 Å². The number of carbonyl (C=O) groups excluding carboxylic acids is 2. The van der Waals surface area contributed by atoms with Crippen molar-refractivity contribution in [3.63, 3.8) is 0 Å². The van der Waals surface area contributed by atoms with Gasteiger partial charge in [-0.15, -0.1) is 0 Å². The van der Waals surface area contributed by atoms with Crippen LogP contribution in [-0.4, -0.2) is 41.1 Å². The monoisotopic (exact) mass is 572 g/mol. The largest absolute Gasteiger partial charge is 0.490 e. The number of carboxylic acids is 1. The number of aliphatic carboxylic acids is 1. The Hall–Kier alpha value is -3.60. The highest BCUT2D eigenvalue weighted by Crippen LogP contribution is 2.36. The molecular formula is C25H21IN2O6. The number of ether oxygens (including phenoxy) is 2. The fourth-order valence-electron chi connectivity index (χ4n) is 3.58. The lowest BCUT2D eigenvalue weighted by Gasteiger charge is -2.15. The van der Waals surface area contributed by atoms with Crippen LogP contribution in [0.15, 0.2) is 60.3 Å². The third kappa shape index (κ3) is 5.14. The van der Waals surface area contributed by atoms with Crippen LogP contribution in [-0.2, 0) is 16.2 Å². The van der Waals surface area contributed by atoms with Gasteiger partial charge in [0, 0.05) is 0 Å². The van der Waals surface area contributed by atoms with Gasteiger partial charge >= 0.3 is 12.0 Å². The second-order valence-corrected chi connectivity index (χ2v) is 8.67. The van der Waals surface area contributed by atoms with E-state index in [-0.39, 0.29) is 5.70 Å². The number of rotatable bonds is 8. The minimum Gasteiger partial charge on any atom is -0.490 e. The minimum absolute atomic E-state index is 0.00525. The van der Waals surface area contributed by atoms with Crippen molar-refractivity contribution >= 4 is 57.3 Å². The van der Waals surface area contributed by atoms with Crippen LogP contribution in [0.1, 0.15) is 18.1 Å². The predicted molar refractivity (Wildman–Crippen MR) is 134 cm³/mol. The molecule has 1 fully saturated rings. The Balaban J connectivity index is 1.57. The molecule has 1 aliphatic heterocycles. The van der Waals surface area contributed by atoms with E-state index in [2.05, 4.69) is 52.2 Å². The Morgan fingerprint density at radius 2 is 1.85 bits per heavy atom. The number of amides is 3. The molecule has 3 aromatic rings. The zero-order chi connectivity index (χ0) is 24.2. The van der Waals surface area contributed by atoms with E-state index in [0.717, 1.165) is 19.9 Å². The summed E-state index contributed by atoms with van der Waals surface area (Å²) < 4.78 is 12.7. The molecule has 3 amide bonds. The third-order valence-electron chi connectivity index (χ3n) is 5.10. The fourth-order valence-corrected chi connectivity index (χ4v) is 4.36. The highest BCUT2D eigenvalue weighted by Gasteiger charge is 2.34. The van der Waals surface area contributed by atoms with Crippen molar-refractivity contribution in [1.29, 1.82) is 0 Å². The van der Waals surface area contributed by atoms with E-state index < -0.39 is 24.5 Å². The number of carboxylic acid groups (broad SMARTS) is 1.